The van der Waals surface area contributed by atoms with Crippen LogP contribution in [0.3, 0.4) is 0 Å². The Bertz CT molecular complexity index is 572. The van der Waals surface area contributed by atoms with Crippen molar-refractivity contribution in [1.29, 1.82) is 0 Å². The molecule has 20 heavy (non-hydrogen) atoms. The summed E-state index contributed by atoms with van der Waals surface area (Å²) in [4.78, 5) is 6.97. The third-order valence-corrected chi connectivity index (χ3v) is 3.68. The minimum atomic E-state index is 0.286. The first-order chi connectivity index (χ1) is 9.81. The van der Waals surface area contributed by atoms with Crippen LogP contribution in [-0.2, 0) is 11.3 Å². The van der Waals surface area contributed by atoms with E-state index in [4.69, 9.17) is 4.74 Å². The standard InChI is InChI=1S/C16H21N3O/c1-19-8-9-20-15(12-19)11-17-10-14-7-6-13-4-2-3-5-16(13)18-14/h2-7,15,17H,8-12H2,1H3. The fraction of sp³-hybridized carbons (Fsp3) is 0.438. The highest BCUT2D eigenvalue weighted by Crippen LogP contribution is 2.11. The minimum Gasteiger partial charge on any atom is -0.374 e. The van der Waals surface area contributed by atoms with Gasteiger partial charge in [0.05, 0.1) is 23.9 Å². The molecule has 1 fully saturated rings. The average molecular weight is 271 g/mol. The summed E-state index contributed by atoms with van der Waals surface area (Å²) in [6, 6.07) is 12.4. The van der Waals surface area contributed by atoms with Crippen molar-refractivity contribution in [2.24, 2.45) is 0 Å². The zero-order valence-corrected chi connectivity index (χ0v) is 11.9. The van der Waals surface area contributed by atoms with Gasteiger partial charge in [-0.1, -0.05) is 24.3 Å². The van der Waals surface area contributed by atoms with Crippen molar-refractivity contribution in [3.8, 4) is 0 Å². The number of nitrogens with one attached hydrogen (secondary N) is 1. The SMILES string of the molecule is CN1CCOC(CNCc2ccc3ccccc3n2)C1. The number of benzene rings is 1. The second kappa shape index (κ2) is 6.31. The van der Waals surface area contributed by atoms with Gasteiger partial charge >= 0.3 is 0 Å². The Labute approximate surface area is 119 Å². The van der Waals surface area contributed by atoms with Crippen molar-refractivity contribution in [2.75, 3.05) is 33.3 Å². The van der Waals surface area contributed by atoms with E-state index in [1.807, 2.05) is 12.1 Å². The fourth-order valence-corrected chi connectivity index (χ4v) is 2.56. The molecule has 1 aromatic carbocycles. The molecule has 1 aromatic heterocycles. The molecule has 0 aliphatic carbocycles. The molecule has 0 amide bonds. The van der Waals surface area contributed by atoms with Gasteiger partial charge in [-0.05, 0) is 19.2 Å². The predicted molar refractivity (Wildman–Crippen MR) is 80.7 cm³/mol. The highest BCUT2D eigenvalue weighted by molar-refractivity contribution is 5.78. The first-order valence-corrected chi connectivity index (χ1v) is 7.17. The third-order valence-electron chi connectivity index (χ3n) is 3.68. The molecule has 106 valence electrons. The Morgan fingerprint density at radius 3 is 3.10 bits per heavy atom. The number of rotatable bonds is 4. The van der Waals surface area contributed by atoms with Gasteiger partial charge in [0.2, 0.25) is 0 Å². The number of fused-ring (bicyclic) bond motifs is 1. The highest BCUT2D eigenvalue weighted by atomic mass is 16.5. The van der Waals surface area contributed by atoms with E-state index in [0.29, 0.717) is 0 Å². The van der Waals surface area contributed by atoms with Gasteiger partial charge in [-0.25, -0.2) is 0 Å². The summed E-state index contributed by atoms with van der Waals surface area (Å²) < 4.78 is 5.73. The normalized spacial score (nSPS) is 20.4. The number of hydrogen-bond acceptors (Lipinski definition) is 4. The molecule has 4 nitrogen and oxygen atoms in total. The van der Waals surface area contributed by atoms with Crippen molar-refractivity contribution in [1.82, 2.24) is 15.2 Å². The lowest BCUT2D eigenvalue weighted by Crippen LogP contribution is -2.44. The van der Waals surface area contributed by atoms with Crippen LogP contribution in [0, 0.1) is 0 Å². The molecule has 1 aliphatic heterocycles. The van der Waals surface area contributed by atoms with E-state index in [0.717, 1.165) is 44.0 Å². The van der Waals surface area contributed by atoms with E-state index in [1.54, 1.807) is 0 Å². The van der Waals surface area contributed by atoms with E-state index in [-0.39, 0.29) is 6.10 Å². The smallest absolute Gasteiger partial charge is 0.0826 e. The predicted octanol–water partition coefficient (Wildman–Crippen LogP) is 1.65. The Hall–Kier alpha value is -1.49. The fourth-order valence-electron chi connectivity index (χ4n) is 2.56. The molecule has 1 aliphatic rings. The Morgan fingerprint density at radius 2 is 2.20 bits per heavy atom. The molecule has 1 saturated heterocycles. The number of likely N-dealkylation sites (N-methyl/N-ethyl adjacent to an activating group) is 1. The Kier molecular flexibility index (Phi) is 4.25. The Morgan fingerprint density at radius 1 is 1.30 bits per heavy atom. The molecule has 3 rings (SSSR count). The molecule has 0 bridgehead atoms. The third kappa shape index (κ3) is 3.33. The zero-order chi connectivity index (χ0) is 13.8. The molecular formula is C16H21N3O. The van der Waals surface area contributed by atoms with Gasteiger partial charge in [0.1, 0.15) is 0 Å². The van der Waals surface area contributed by atoms with Crippen LogP contribution in [-0.4, -0.2) is 49.3 Å². The Balaban J connectivity index is 1.54. The summed E-state index contributed by atoms with van der Waals surface area (Å²) in [5, 5.41) is 4.63. The number of para-hydroxylation sites is 1. The van der Waals surface area contributed by atoms with E-state index >= 15 is 0 Å². The minimum absolute atomic E-state index is 0.286. The van der Waals surface area contributed by atoms with Crippen molar-refractivity contribution < 1.29 is 4.74 Å². The van der Waals surface area contributed by atoms with Crippen LogP contribution in [0.4, 0.5) is 0 Å². The maximum absolute atomic E-state index is 5.73. The lowest BCUT2D eigenvalue weighted by Gasteiger charge is -2.30. The van der Waals surface area contributed by atoms with E-state index in [9.17, 15) is 0 Å². The second-order valence-electron chi connectivity index (χ2n) is 5.38. The number of morpholine rings is 1. The molecule has 0 saturated carbocycles. The van der Waals surface area contributed by atoms with Gasteiger partial charge in [-0.2, -0.15) is 0 Å². The van der Waals surface area contributed by atoms with Gasteiger partial charge in [0.15, 0.2) is 0 Å². The van der Waals surface area contributed by atoms with Crippen molar-refractivity contribution in [3.05, 3.63) is 42.1 Å². The number of ether oxygens (including phenoxy) is 1. The number of pyridine rings is 1. The van der Waals surface area contributed by atoms with Gasteiger partial charge in [-0.3, -0.25) is 4.98 Å². The zero-order valence-electron chi connectivity index (χ0n) is 11.9. The highest BCUT2D eigenvalue weighted by Gasteiger charge is 2.16. The molecule has 0 spiro atoms. The topological polar surface area (TPSA) is 37.4 Å². The molecule has 2 heterocycles. The summed E-state index contributed by atoms with van der Waals surface area (Å²) >= 11 is 0. The van der Waals surface area contributed by atoms with Gasteiger partial charge in [0.25, 0.3) is 0 Å². The van der Waals surface area contributed by atoms with Crippen LogP contribution in [0.5, 0.6) is 0 Å². The quantitative estimate of drug-likeness (QED) is 0.917. The van der Waals surface area contributed by atoms with Crippen molar-refractivity contribution in [3.63, 3.8) is 0 Å². The molecule has 1 unspecified atom stereocenters. The van der Waals surface area contributed by atoms with Crippen LogP contribution in [0.1, 0.15) is 5.69 Å². The van der Waals surface area contributed by atoms with Crippen LogP contribution < -0.4 is 5.32 Å². The first kappa shape index (κ1) is 13.5. The lowest BCUT2D eigenvalue weighted by atomic mass is 10.2. The first-order valence-electron chi connectivity index (χ1n) is 7.17. The lowest BCUT2D eigenvalue weighted by molar-refractivity contribution is -0.0182. The van der Waals surface area contributed by atoms with Crippen LogP contribution in [0.25, 0.3) is 10.9 Å². The average Bonchev–Trinajstić information content (AvgIpc) is 2.47. The van der Waals surface area contributed by atoms with Gasteiger partial charge in [0, 0.05) is 31.6 Å². The molecule has 2 aromatic rings. The van der Waals surface area contributed by atoms with Crippen LogP contribution in [0.2, 0.25) is 0 Å². The van der Waals surface area contributed by atoms with Crippen molar-refractivity contribution in [2.45, 2.75) is 12.6 Å². The van der Waals surface area contributed by atoms with E-state index in [2.05, 4.69) is 46.5 Å². The van der Waals surface area contributed by atoms with Crippen LogP contribution >= 0.6 is 0 Å². The largest absolute Gasteiger partial charge is 0.374 e. The summed E-state index contributed by atoms with van der Waals surface area (Å²) in [5.41, 5.74) is 2.13. The summed E-state index contributed by atoms with van der Waals surface area (Å²) in [5.74, 6) is 0. The molecule has 0 radical (unpaired) electrons. The summed E-state index contributed by atoms with van der Waals surface area (Å²) in [6.07, 6.45) is 0.286. The number of aromatic nitrogens is 1. The second-order valence-corrected chi connectivity index (χ2v) is 5.38. The maximum Gasteiger partial charge on any atom is 0.0826 e. The molecule has 1 N–H and O–H groups in total. The van der Waals surface area contributed by atoms with E-state index in [1.165, 1.54) is 5.39 Å². The molecular weight excluding hydrogens is 250 g/mol. The number of nitrogens with zero attached hydrogens (tertiary/aromatic N) is 2. The summed E-state index contributed by atoms with van der Waals surface area (Å²) in [7, 11) is 2.14. The molecule has 4 heteroatoms. The van der Waals surface area contributed by atoms with Gasteiger partial charge < -0.3 is 15.0 Å². The monoisotopic (exact) mass is 271 g/mol. The maximum atomic E-state index is 5.73. The van der Waals surface area contributed by atoms with Crippen molar-refractivity contribution >= 4 is 10.9 Å². The van der Waals surface area contributed by atoms with E-state index < -0.39 is 0 Å². The summed E-state index contributed by atoms with van der Waals surface area (Å²) in [6.45, 7) is 4.52. The van der Waals surface area contributed by atoms with Crippen LogP contribution in [0.15, 0.2) is 36.4 Å². The molecule has 1 atom stereocenters. The number of hydrogen-bond donors (Lipinski definition) is 1. The van der Waals surface area contributed by atoms with Gasteiger partial charge in [-0.15, -0.1) is 0 Å².